The number of aryl methyl sites for hydroxylation is 1. The highest BCUT2D eigenvalue weighted by molar-refractivity contribution is 6.05. The maximum atomic E-state index is 12.3. The maximum absolute atomic E-state index is 12.3. The summed E-state index contributed by atoms with van der Waals surface area (Å²) in [4.78, 5) is 16.7. The van der Waals surface area contributed by atoms with E-state index in [0.29, 0.717) is 37.6 Å². The second-order valence-corrected chi connectivity index (χ2v) is 6.29. The van der Waals surface area contributed by atoms with Crippen LogP contribution in [0.1, 0.15) is 22.8 Å². The minimum Gasteiger partial charge on any atom is -0.462 e. The van der Waals surface area contributed by atoms with Crippen molar-refractivity contribution in [2.45, 2.75) is 13.8 Å². The molecule has 0 aliphatic carbocycles. The Morgan fingerprint density at radius 2 is 2.25 bits per heavy atom. The molecule has 1 saturated heterocycles. The lowest BCUT2D eigenvalue weighted by molar-refractivity contribution is -0.128. The van der Waals surface area contributed by atoms with E-state index in [1.165, 1.54) is 0 Å². The van der Waals surface area contributed by atoms with Gasteiger partial charge in [-0.15, -0.1) is 0 Å². The summed E-state index contributed by atoms with van der Waals surface area (Å²) in [5.74, 6) is -0.404. The van der Waals surface area contributed by atoms with Crippen LogP contribution in [0.4, 0.5) is 5.69 Å². The van der Waals surface area contributed by atoms with E-state index in [1.54, 1.807) is 13.1 Å². The number of aliphatic hydroxyl groups is 1. The summed E-state index contributed by atoms with van der Waals surface area (Å²) >= 11 is 0. The first-order chi connectivity index (χ1) is 11.6. The molecule has 0 bridgehead atoms. The van der Waals surface area contributed by atoms with Gasteiger partial charge < -0.3 is 19.9 Å². The van der Waals surface area contributed by atoms with Crippen LogP contribution in [0, 0.1) is 12.3 Å². The number of esters is 1. The number of benzene rings is 1. The Labute approximate surface area is 140 Å². The molecule has 1 fully saturated rings. The predicted octanol–water partition coefficient (Wildman–Crippen LogP) is 2.14. The molecule has 24 heavy (non-hydrogen) atoms. The van der Waals surface area contributed by atoms with Crippen LogP contribution < -0.4 is 5.32 Å². The number of fused-ring (bicyclic) bond motifs is 1. The molecule has 0 unspecified atom stereocenters. The van der Waals surface area contributed by atoms with Gasteiger partial charge in [-0.3, -0.25) is 4.98 Å². The van der Waals surface area contributed by atoms with Crippen molar-refractivity contribution in [2.24, 2.45) is 5.41 Å². The van der Waals surface area contributed by atoms with Crippen LogP contribution in [0.2, 0.25) is 0 Å². The van der Waals surface area contributed by atoms with Gasteiger partial charge in [0.25, 0.3) is 0 Å². The van der Waals surface area contributed by atoms with Gasteiger partial charge >= 0.3 is 5.97 Å². The molecular formula is C18H22N2O4. The van der Waals surface area contributed by atoms with Crippen molar-refractivity contribution in [3.05, 3.63) is 35.5 Å². The van der Waals surface area contributed by atoms with E-state index in [2.05, 4.69) is 10.3 Å². The van der Waals surface area contributed by atoms with Crippen molar-refractivity contribution in [1.29, 1.82) is 0 Å². The van der Waals surface area contributed by atoms with E-state index in [4.69, 9.17) is 9.47 Å². The minimum atomic E-state index is -0.404. The molecule has 0 radical (unpaired) electrons. The largest absolute Gasteiger partial charge is 0.462 e. The Balaban J connectivity index is 2.01. The van der Waals surface area contributed by atoms with E-state index in [0.717, 1.165) is 16.5 Å². The third kappa shape index (κ3) is 3.07. The number of anilines is 1. The van der Waals surface area contributed by atoms with Crippen LogP contribution in [-0.2, 0) is 9.47 Å². The van der Waals surface area contributed by atoms with Crippen LogP contribution in [0.3, 0.4) is 0 Å². The zero-order valence-corrected chi connectivity index (χ0v) is 14.0. The molecule has 3 rings (SSSR count). The Morgan fingerprint density at radius 1 is 1.46 bits per heavy atom. The molecule has 1 aromatic carbocycles. The minimum absolute atomic E-state index is 0.0385. The predicted molar refractivity (Wildman–Crippen MR) is 91.3 cm³/mol. The first-order valence-electron chi connectivity index (χ1n) is 8.07. The molecule has 128 valence electrons. The van der Waals surface area contributed by atoms with Crippen molar-refractivity contribution in [3.63, 3.8) is 0 Å². The Kier molecular flexibility index (Phi) is 4.69. The van der Waals surface area contributed by atoms with Gasteiger partial charge in [0.05, 0.1) is 43.0 Å². The number of hydrogen-bond donors (Lipinski definition) is 2. The molecule has 6 nitrogen and oxygen atoms in total. The molecule has 1 aliphatic heterocycles. The molecule has 6 heteroatoms. The molecule has 2 aromatic rings. The van der Waals surface area contributed by atoms with Gasteiger partial charge in [-0.25, -0.2) is 4.79 Å². The molecule has 1 aromatic heterocycles. The average Bonchev–Trinajstić information content (AvgIpc) is 2.54. The quantitative estimate of drug-likeness (QED) is 0.790. The van der Waals surface area contributed by atoms with Crippen LogP contribution in [-0.4, -0.2) is 49.0 Å². The molecule has 2 N–H and O–H groups in total. The monoisotopic (exact) mass is 330 g/mol. The standard InChI is InChI=1S/C18H22N2O4/c1-3-24-17(22)14-7-19-15-5-4-12(2)6-13(15)16(14)20-8-18(9-21)10-23-11-18/h4-7,21H,3,8-11H2,1-2H3,(H,19,20). The normalized spacial score (nSPS) is 15.8. The van der Waals surface area contributed by atoms with Crippen LogP contribution in [0.25, 0.3) is 10.9 Å². The summed E-state index contributed by atoms with van der Waals surface area (Å²) < 4.78 is 10.4. The van der Waals surface area contributed by atoms with Gasteiger partial charge in [-0.1, -0.05) is 11.6 Å². The SMILES string of the molecule is CCOC(=O)c1cnc2ccc(C)cc2c1NCC1(CO)COC1. The van der Waals surface area contributed by atoms with E-state index in [9.17, 15) is 9.90 Å². The summed E-state index contributed by atoms with van der Waals surface area (Å²) in [6.45, 7) is 5.64. The third-order valence-corrected chi connectivity index (χ3v) is 4.31. The van der Waals surface area contributed by atoms with E-state index in [-0.39, 0.29) is 12.0 Å². The van der Waals surface area contributed by atoms with E-state index in [1.807, 2.05) is 25.1 Å². The number of nitrogens with zero attached hydrogens (tertiary/aromatic N) is 1. The third-order valence-electron chi connectivity index (χ3n) is 4.31. The Hall–Kier alpha value is -2.18. The molecule has 0 spiro atoms. The fraction of sp³-hybridized carbons (Fsp3) is 0.444. The molecule has 1 aliphatic rings. The lowest BCUT2D eigenvalue weighted by Crippen LogP contribution is -2.50. The van der Waals surface area contributed by atoms with Crippen LogP contribution >= 0.6 is 0 Å². The van der Waals surface area contributed by atoms with Crippen molar-refractivity contribution < 1.29 is 19.4 Å². The van der Waals surface area contributed by atoms with Gasteiger partial charge in [0.15, 0.2) is 0 Å². The highest BCUT2D eigenvalue weighted by atomic mass is 16.5. The summed E-state index contributed by atoms with van der Waals surface area (Å²) in [6, 6.07) is 5.91. The van der Waals surface area contributed by atoms with Gasteiger partial charge in [0.1, 0.15) is 5.56 Å². The summed E-state index contributed by atoms with van der Waals surface area (Å²) in [7, 11) is 0. The van der Waals surface area contributed by atoms with Crippen LogP contribution in [0.15, 0.2) is 24.4 Å². The van der Waals surface area contributed by atoms with Crippen LogP contribution in [0.5, 0.6) is 0 Å². The van der Waals surface area contributed by atoms with Crippen molar-refractivity contribution in [1.82, 2.24) is 4.98 Å². The molecule has 2 heterocycles. The number of ether oxygens (including phenoxy) is 2. The smallest absolute Gasteiger partial charge is 0.341 e. The molecule has 0 amide bonds. The average molecular weight is 330 g/mol. The highest BCUT2D eigenvalue weighted by Crippen LogP contribution is 2.31. The second-order valence-electron chi connectivity index (χ2n) is 6.29. The Morgan fingerprint density at radius 3 is 2.88 bits per heavy atom. The number of carbonyl (C=O) groups excluding carboxylic acids is 1. The molecule has 0 atom stereocenters. The lowest BCUT2D eigenvalue weighted by Gasteiger charge is -2.40. The summed E-state index contributed by atoms with van der Waals surface area (Å²) in [5, 5.41) is 13.8. The highest BCUT2D eigenvalue weighted by Gasteiger charge is 2.38. The maximum Gasteiger partial charge on any atom is 0.341 e. The Bertz CT molecular complexity index is 751. The first-order valence-corrected chi connectivity index (χ1v) is 8.07. The van der Waals surface area contributed by atoms with Gasteiger partial charge in [0.2, 0.25) is 0 Å². The van der Waals surface area contributed by atoms with E-state index < -0.39 is 5.97 Å². The number of aromatic nitrogens is 1. The second kappa shape index (κ2) is 6.75. The van der Waals surface area contributed by atoms with Gasteiger partial charge in [0, 0.05) is 18.1 Å². The van der Waals surface area contributed by atoms with E-state index >= 15 is 0 Å². The number of nitrogens with one attached hydrogen (secondary N) is 1. The van der Waals surface area contributed by atoms with Crippen molar-refractivity contribution in [3.8, 4) is 0 Å². The zero-order chi connectivity index (χ0) is 17.2. The van der Waals surface area contributed by atoms with Gasteiger partial charge in [-0.2, -0.15) is 0 Å². The number of pyridine rings is 1. The van der Waals surface area contributed by atoms with Gasteiger partial charge in [-0.05, 0) is 26.0 Å². The van der Waals surface area contributed by atoms with Crippen molar-refractivity contribution >= 4 is 22.6 Å². The topological polar surface area (TPSA) is 80.7 Å². The summed E-state index contributed by atoms with van der Waals surface area (Å²) in [6.07, 6.45) is 1.54. The molecular weight excluding hydrogens is 308 g/mol. The first kappa shape index (κ1) is 16.7. The number of hydrogen-bond acceptors (Lipinski definition) is 6. The number of rotatable bonds is 6. The zero-order valence-electron chi connectivity index (χ0n) is 14.0. The fourth-order valence-corrected chi connectivity index (χ4v) is 2.78. The number of carbonyl (C=O) groups is 1. The fourth-order valence-electron chi connectivity index (χ4n) is 2.78. The van der Waals surface area contributed by atoms with Crippen molar-refractivity contribution in [2.75, 3.05) is 38.3 Å². The lowest BCUT2D eigenvalue weighted by atomic mass is 9.87. The number of aliphatic hydroxyl groups excluding tert-OH is 1. The summed E-state index contributed by atoms with van der Waals surface area (Å²) in [5.41, 5.74) is 2.69. The molecule has 0 saturated carbocycles.